The summed E-state index contributed by atoms with van der Waals surface area (Å²) in [6.45, 7) is 1.80. The molecule has 64 heavy (non-hydrogen) atoms. The van der Waals surface area contributed by atoms with E-state index in [9.17, 15) is 0 Å². The van der Waals surface area contributed by atoms with Gasteiger partial charge in [0.2, 0.25) is 0 Å². The molecule has 0 aliphatic heterocycles. The van der Waals surface area contributed by atoms with Gasteiger partial charge in [0.05, 0.1) is 0 Å². The first-order chi connectivity index (χ1) is 29.8. The molecule has 46 radical (unpaired) electrons. The summed E-state index contributed by atoms with van der Waals surface area (Å²) in [7, 11) is 153. The molecule has 0 heterocycles. The van der Waals surface area contributed by atoms with Crippen LogP contribution in [-0.4, -0.2) is 180 Å². The van der Waals surface area contributed by atoms with Crippen LogP contribution in [0.1, 0.15) is 35.1 Å². The zero-order valence-corrected chi connectivity index (χ0v) is 34.6. The van der Waals surface area contributed by atoms with E-state index >= 15 is 0 Å². The SMILES string of the molecule is [B]C1=C([B])C(C)c2c1c(C/C([B])=C([B])\C(=C(\[B])C#C)c1c([B])c([B])c3c([B])c([B])c([B])c([B])c3c1[B])c1c([B])c([B])c([B])c([B])c1c2-c1c([B])c([B])c([B])c2c([B])c([B])c([B])c([B])c12. The number of terminal acetylenes is 1. The van der Waals surface area contributed by atoms with Gasteiger partial charge in [0.1, 0.15) is 180 Å². The highest BCUT2D eigenvalue weighted by molar-refractivity contribution is 6.75. The smallest absolute Gasteiger partial charge is 0.120 e. The van der Waals surface area contributed by atoms with Crippen molar-refractivity contribution in [3.05, 3.63) is 44.1 Å². The van der Waals surface area contributed by atoms with Crippen LogP contribution in [0, 0.1) is 12.3 Å². The summed E-state index contributed by atoms with van der Waals surface area (Å²) in [5, 5.41) is 1.03. The lowest BCUT2D eigenvalue weighted by Gasteiger charge is -2.32. The van der Waals surface area contributed by atoms with E-state index in [0.29, 0.717) is 22.3 Å². The first-order valence-corrected chi connectivity index (χ1v) is 19.0. The van der Waals surface area contributed by atoms with Crippen LogP contribution in [0.4, 0.5) is 0 Å². The van der Waals surface area contributed by atoms with Crippen molar-refractivity contribution in [2.45, 2.75) is 19.3 Å². The molecule has 1 unspecified atom stereocenters. The standard InChI is InChI=1S/C41H7B23/c1-3-7(42)12(17-23(46)19-20(30(53)29(17)52)34(57)41(64)40(63)33(19)56)22(45)8(43)4-6-10-9(5(2)21(44)24(10)47)13(14-11(6)25(48)36(59)37(60)26(14)49)15-16-18(31(54)35(58)27(15)50)32(55)39(62)38(61)28(16)51/h1,5H,4H2,2H3/b12-7+,22-8-. The second-order valence-electron chi connectivity index (χ2n) is 15.7. The number of rotatable bonds is 5. The summed E-state index contributed by atoms with van der Waals surface area (Å²) in [4.78, 5) is 0. The molecule has 23 heteroatoms. The maximum atomic E-state index is 7.02. The second kappa shape index (κ2) is 16.9. The van der Waals surface area contributed by atoms with Gasteiger partial charge in [-0.3, -0.25) is 0 Å². The van der Waals surface area contributed by atoms with Crippen LogP contribution in [-0.2, 0) is 6.42 Å². The lowest BCUT2D eigenvalue weighted by molar-refractivity contribution is 0.973. The van der Waals surface area contributed by atoms with Crippen molar-refractivity contribution in [1.82, 2.24) is 0 Å². The van der Waals surface area contributed by atoms with E-state index in [1.54, 1.807) is 6.92 Å². The highest BCUT2D eigenvalue weighted by Gasteiger charge is 2.34. The number of allylic oxidation sites excluding steroid dienone is 5. The molecule has 0 fully saturated rings. The van der Waals surface area contributed by atoms with Gasteiger partial charge in [-0.25, -0.2) is 0 Å². The van der Waals surface area contributed by atoms with E-state index in [1.165, 1.54) is 0 Å². The Labute approximate surface area is 406 Å². The van der Waals surface area contributed by atoms with Crippen LogP contribution < -0.4 is 98.3 Å². The number of fused-ring (bicyclic) bond motifs is 4. The Morgan fingerprint density at radius 2 is 0.781 bits per heavy atom. The predicted octanol–water partition coefficient (Wildman–Crippen LogP) is -13.5. The van der Waals surface area contributed by atoms with E-state index in [1.807, 2.05) is 0 Å². The molecule has 1 aliphatic rings. The van der Waals surface area contributed by atoms with Gasteiger partial charge in [0.15, 0.2) is 0 Å². The Bertz CT molecular complexity index is 3340. The van der Waals surface area contributed by atoms with Gasteiger partial charge in [0, 0.05) is 0 Å². The highest BCUT2D eigenvalue weighted by atomic mass is 14.3. The van der Waals surface area contributed by atoms with Crippen molar-refractivity contribution in [1.29, 1.82) is 0 Å². The molecule has 0 nitrogen and oxygen atoms in total. The zero-order chi connectivity index (χ0) is 47.8. The lowest BCUT2D eigenvalue weighted by Crippen LogP contribution is -2.52. The molecule has 0 amide bonds. The van der Waals surface area contributed by atoms with Gasteiger partial charge in [-0.2, -0.15) is 0 Å². The molecule has 1 atom stereocenters. The maximum absolute atomic E-state index is 7.02. The van der Waals surface area contributed by atoms with E-state index in [0.717, 1.165) is 0 Å². The fraction of sp³-hybridized carbons (Fsp3) is 0.0732. The van der Waals surface area contributed by atoms with Gasteiger partial charge in [-0.05, 0) is 89.1 Å². The fourth-order valence-corrected chi connectivity index (χ4v) is 8.97. The molecular formula is C41H7B23. The van der Waals surface area contributed by atoms with E-state index in [2.05, 4.69) is 5.92 Å². The van der Waals surface area contributed by atoms with Crippen molar-refractivity contribution < 1.29 is 0 Å². The Morgan fingerprint density at radius 1 is 0.422 bits per heavy atom. The van der Waals surface area contributed by atoms with Crippen molar-refractivity contribution in [3.8, 4) is 23.5 Å². The predicted molar refractivity (Wildman–Crippen MR) is 298 cm³/mol. The van der Waals surface area contributed by atoms with Crippen LogP contribution in [0.2, 0.25) is 0 Å². The van der Waals surface area contributed by atoms with E-state index < -0.39 is 5.92 Å². The minimum absolute atomic E-state index is 0.0113. The second-order valence-corrected chi connectivity index (χ2v) is 15.7. The third kappa shape index (κ3) is 6.62. The number of hydrogen-bond donors (Lipinski definition) is 0. The van der Waals surface area contributed by atoms with Crippen molar-refractivity contribution in [3.63, 3.8) is 0 Å². The van der Waals surface area contributed by atoms with E-state index in [4.69, 9.17) is 187 Å². The fourth-order valence-electron chi connectivity index (χ4n) is 8.97. The Kier molecular flexibility index (Phi) is 12.8. The molecule has 0 saturated carbocycles. The van der Waals surface area contributed by atoms with Crippen LogP contribution in [0.25, 0.3) is 54.5 Å². The number of benzene rings is 6. The maximum Gasteiger partial charge on any atom is 0.127 e. The third-order valence-corrected chi connectivity index (χ3v) is 12.5. The van der Waals surface area contributed by atoms with Crippen LogP contribution in [0.15, 0.2) is 21.9 Å². The van der Waals surface area contributed by atoms with Gasteiger partial charge in [0.25, 0.3) is 0 Å². The molecule has 6 aromatic carbocycles. The minimum atomic E-state index is -0.667. The van der Waals surface area contributed by atoms with Gasteiger partial charge in [-0.1, -0.05) is 83.9 Å². The van der Waals surface area contributed by atoms with Gasteiger partial charge < -0.3 is 0 Å². The summed E-state index contributed by atoms with van der Waals surface area (Å²) in [5.41, 5.74) is 0.411. The third-order valence-electron chi connectivity index (χ3n) is 12.5. The average Bonchev–Trinajstić information content (AvgIpc) is 3.49. The van der Waals surface area contributed by atoms with Crippen LogP contribution >= 0.6 is 0 Å². The first-order valence-electron chi connectivity index (χ1n) is 19.0. The Hall–Kier alpha value is -3.63. The molecule has 0 saturated heterocycles. The summed E-state index contributed by atoms with van der Waals surface area (Å²) < 4.78 is 0. The summed E-state index contributed by atoms with van der Waals surface area (Å²) in [5.74, 6) is 1.71. The molecule has 7 rings (SSSR count). The molecule has 6 aromatic rings. The van der Waals surface area contributed by atoms with E-state index in [-0.39, 0.29) is 181 Å². The summed E-state index contributed by atoms with van der Waals surface area (Å²) in [6, 6.07) is 0. The Morgan fingerprint density at radius 3 is 1.23 bits per heavy atom. The molecule has 0 bridgehead atoms. The average molecular weight is 748 g/mol. The quantitative estimate of drug-likeness (QED) is 0.0936. The van der Waals surface area contributed by atoms with Crippen molar-refractivity contribution in [2.75, 3.05) is 0 Å². The van der Waals surface area contributed by atoms with Crippen LogP contribution in [0.3, 0.4) is 0 Å². The minimum Gasteiger partial charge on any atom is -0.120 e. The Balaban J connectivity index is 1.66. The monoisotopic (exact) mass is 752 g/mol. The molecule has 0 N–H and O–H groups in total. The zero-order valence-electron chi connectivity index (χ0n) is 34.6. The molecular weight excluding hydrogens is 741 g/mol. The number of hydrogen-bond acceptors (Lipinski definition) is 0. The van der Waals surface area contributed by atoms with Crippen LogP contribution in [0.5, 0.6) is 0 Å². The van der Waals surface area contributed by atoms with Gasteiger partial charge >= 0.3 is 0 Å². The lowest BCUT2D eigenvalue weighted by atomic mass is 9.57. The topological polar surface area (TPSA) is 0 Å². The molecule has 1 aliphatic carbocycles. The van der Waals surface area contributed by atoms with Crippen molar-refractivity contribution >= 4 is 322 Å². The molecule has 0 spiro atoms. The molecule has 240 valence electrons. The summed E-state index contributed by atoms with van der Waals surface area (Å²) in [6.07, 6.45) is 5.62. The first kappa shape index (κ1) is 48.3. The normalized spacial score (nSPS) is 14.5. The molecule has 0 aromatic heterocycles. The van der Waals surface area contributed by atoms with Gasteiger partial charge in [-0.15, -0.1) is 55.6 Å². The largest absolute Gasteiger partial charge is 0.127 e. The highest BCUT2D eigenvalue weighted by Crippen LogP contribution is 2.49. The summed E-state index contributed by atoms with van der Waals surface area (Å²) >= 11 is 0. The van der Waals surface area contributed by atoms with Crippen molar-refractivity contribution in [2.24, 2.45) is 0 Å².